The summed E-state index contributed by atoms with van der Waals surface area (Å²) >= 11 is 0. The van der Waals surface area contributed by atoms with Gasteiger partial charge in [0.25, 0.3) is 0 Å². The Hall–Kier alpha value is 0.270. The van der Waals surface area contributed by atoms with Gasteiger partial charge < -0.3 is 9.66 Å². The van der Waals surface area contributed by atoms with Crippen LogP contribution in [0.15, 0.2) is 0 Å². The van der Waals surface area contributed by atoms with Crippen molar-refractivity contribution in [2.45, 2.75) is 36.7 Å². The van der Waals surface area contributed by atoms with E-state index in [-0.39, 0.29) is 48.8 Å². The maximum atomic E-state index is 10.6. The van der Waals surface area contributed by atoms with E-state index < -0.39 is 32.4 Å². The van der Waals surface area contributed by atoms with Crippen molar-refractivity contribution in [2.24, 2.45) is 0 Å². The predicted octanol–water partition coefficient (Wildman–Crippen LogP) is -3.91. The van der Waals surface area contributed by atoms with Crippen molar-refractivity contribution in [2.75, 3.05) is 0 Å². The van der Waals surface area contributed by atoms with Crippen LogP contribution in [0.5, 0.6) is 0 Å². The number of nitrogens with zero attached hydrogens (tertiary/aromatic N) is 1. The van der Waals surface area contributed by atoms with Gasteiger partial charge in [-0.1, -0.05) is 0 Å². The van der Waals surface area contributed by atoms with Crippen molar-refractivity contribution >= 4 is 10.1 Å². The second kappa shape index (κ2) is 5.55. The van der Waals surface area contributed by atoms with Gasteiger partial charge in [0, 0.05) is 11.3 Å². The summed E-state index contributed by atoms with van der Waals surface area (Å²) in [4.78, 5) is 9.65. The molecule has 15 heavy (non-hydrogen) atoms. The molecule has 1 saturated carbocycles. The van der Waals surface area contributed by atoms with Gasteiger partial charge in [-0.25, -0.2) is 8.42 Å². The Morgan fingerprint density at radius 2 is 1.87 bits per heavy atom. The third-order valence-corrected chi connectivity index (χ3v) is 3.66. The van der Waals surface area contributed by atoms with E-state index >= 15 is 0 Å². The second-order valence-electron chi connectivity index (χ2n) is 3.35. The summed E-state index contributed by atoms with van der Waals surface area (Å²) < 4.78 is 31.8. The Balaban J connectivity index is 0.00000196. The smallest absolute Gasteiger partial charge is 0.748 e. The number of rotatable bonds is 2. The van der Waals surface area contributed by atoms with Crippen molar-refractivity contribution in [3.63, 3.8) is 0 Å². The van der Waals surface area contributed by atoms with Crippen LogP contribution in [-0.2, 0) is 10.1 Å². The topological polar surface area (TPSA) is 121 Å². The van der Waals surface area contributed by atoms with Crippen molar-refractivity contribution in [1.29, 1.82) is 0 Å². The molecule has 1 N–H and O–H groups in total. The minimum absolute atomic E-state index is 0. The number of hydrogen-bond acceptors (Lipinski definition) is 6. The molecule has 0 bridgehead atoms. The van der Waals surface area contributed by atoms with Gasteiger partial charge in [-0.15, -0.1) is 0 Å². The Bertz CT molecular complexity index is 331. The fourth-order valence-electron chi connectivity index (χ4n) is 1.58. The molecule has 1 aliphatic carbocycles. The molecule has 9 heteroatoms. The zero-order valence-electron chi connectivity index (χ0n) is 8.20. The van der Waals surface area contributed by atoms with Gasteiger partial charge in [0.2, 0.25) is 6.04 Å². The molecule has 0 radical (unpaired) electrons. The Labute approximate surface area is 109 Å². The van der Waals surface area contributed by atoms with Gasteiger partial charge in [0.15, 0.2) is 0 Å². The maximum absolute atomic E-state index is 10.6. The third kappa shape index (κ3) is 3.97. The van der Waals surface area contributed by atoms with E-state index in [1.807, 2.05) is 0 Å². The van der Waals surface area contributed by atoms with Crippen LogP contribution in [-0.4, -0.2) is 40.4 Å². The standard InChI is InChI=1S/C6H11NO6S.Na/c8-6-2-1-4(14(11,12)13)3-5(6)7(9)10;/h4-6,8H,1-3H2,(H,11,12,13);/q;+1/p-1. The summed E-state index contributed by atoms with van der Waals surface area (Å²) in [6.45, 7) is 0. The monoisotopic (exact) mass is 247 g/mol. The largest absolute Gasteiger partial charge is 1.00 e. The van der Waals surface area contributed by atoms with E-state index in [0.29, 0.717) is 0 Å². The SMILES string of the molecule is O=[N+]([O-])C1CC(S(=O)(=O)[O-])CCC1O.[Na+]. The number of aliphatic hydroxyl groups is 1. The van der Waals surface area contributed by atoms with E-state index in [4.69, 9.17) is 0 Å². The number of hydrogen-bond donors (Lipinski definition) is 1. The molecule has 0 aromatic carbocycles. The molecule has 0 spiro atoms. The van der Waals surface area contributed by atoms with Gasteiger partial charge in [-0.05, 0) is 12.8 Å². The molecule has 7 nitrogen and oxygen atoms in total. The van der Waals surface area contributed by atoms with Crippen molar-refractivity contribution < 1.29 is 52.6 Å². The zero-order valence-corrected chi connectivity index (χ0v) is 11.0. The quantitative estimate of drug-likeness (QED) is 0.230. The summed E-state index contributed by atoms with van der Waals surface area (Å²) in [5, 5.41) is 18.3. The molecule has 82 valence electrons. The van der Waals surface area contributed by atoms with E-state index in [1.54, 1.807) is 0 Å². The van der Waals surface area contributed by atoms with Crippen LogP contribution < -0.4 is 29.6 Å². The average molecular weight is 247 g/mol. The average Bonchev–Trinajstić information content (AvgIpc) is 2.02. The minimum Gasteiger partial charge on any atom is -0.748 e. The van der Waals surface area contributed by atoms with E-state index in [0.717, 1.165) is 0 Å². The summed E-state index contributed by atoms with van der Waals surface area (Å²) in [5.41, 5.74) is 0. The molecule has 0 aromatic rings. The first-order valence-electron chi connectivity index (χ1n) is 4.08. The first-order chi connectivity index (χ1) is 6.32. The molecular weight excluding hydrogens is 237 g/mol. The van der Waals surface area contributed by atoms with Gasteiger partial charge >= 0.3 is 29.6 Å². The minimum atomic E-state index is -4.48. The molecule has 0 aromatic heterocycles. The van der Waals surface area contributed by atoms with Crippen LogP contribution >= 0.6 is 0 Å². The van der Waals surface area contributed by atoms with Crippen LogP contribution in [0.2, 0.25) is 0 Å². The van der Waals surface area contributed by atoms with Gasteiger partial charge in [-0.2, -0.15) is 0 Å². The normalized spacial score (nSPS) is 31.7. The van der Waals surface area contributed by atoms with Crippen molar-refractivity contribution in [3.8, 4) is 0 Å². The Kier molecular flexibility index (Phi) is 5.65. The molecule has 1 fully saturated rings. The maximum Gasteiger partial charge on any atom is 1.00 e. The molecular formula is C6H10NNaO6S. The van der Waals surface area contributed by atoms with Crippen molar-refractivity contribution in [3.05, 3.63) is 10.1 Å². The summed E-state index contributed by atoms with van der Waals surface area (Å²) in [6, 6.07) is -1.34. The molecule has 0 heterocycles. The van der Waals surface area contributed by atoms with Crippen LogP contribution in [0.4, 0.5) is 0 Å². The Morgan fingerprint density at radius 3 is 2.27 bits per heavy atom. The molecule has 0 aliphatic heterocycles. The van der Waals surface area contributed by atoms with Crippen LogP contribution in [0.3, 0.4) is 0 Å². The molecule has 1 aliphatic rings. The zero-order chi connectivity index (χ0) is 10.9. The van der Waals surface area contributed by atoms with Crippen LogP contribution in [0, 0.1) is 10.1 Å². The molecule has 0 amide bonds. The summed E-state index contributed by atoms with van der Waals surface area (Å²) in [6.07, 6.45) is -1.56. The summed E-state index contributed by atoms with van der Waals surface area (Å²) in [7, 11) is -4.48. The van der Waals surface area contributed by atoms with Crippen molar-refractivity contribution in [1.82, 2.24) is 0 Å². The third-order valence-electron chi connectivity index (χ3n) is 2.41. The van der Waals surface area contributed by atoms with Gasteiger partial charge in [0.1, 0.15) is 6.10 Å². The van der Waals surface area contributed by atoms with E-state index in [9.17, 15) is 28.2 Å². The fourth-order valence-corrected chi connectivity index (χ4v) is 2.44. The molecule has 0 saturated heterocycles. The summed E-state index contributed by atoms with van der Waals surface area (Å²) in [5.74, 6) is 0. The Morgan fingerprint density at radius 1 is 1.33 bits per heavy atom. The molecule has 3 atom stereocenters. The predicted molar refractivity (Wildman–Crippen MR) is 44.1 cm³/mol. The first-order valence-corrected chi connectivity index (χ1v) is 5.55. The fraction of sp³-hybridized carbons (Fsp3) is 1.00. The van der Waals surface area contributed by atoms with Crippen LogP contribution in [0.25, 0.3) is 0 Å². The first kappa shape index (κ1) is 15.3. The molecule has 3 unspecified atom stereocenters. The second-order valence-corrected chi connectivity index (χ2v) is 5.00. The van der Waals surface area contributed by atoms with E-state index in [2.05, 4.69) is 0 Å². The van der Waals surface area contributed by atoms with Gasteiger partial charge in [0.05, 0.1) is 15.4 Å². The number of aliphatic hydroxyl groups excluding tert-OH is 1. The molecule has 1 rings (SSSR count). The van der Waals surface area contributed by atoms with E-state index in [1.165, 1.54) is 0 Å². The number of nitro groups is 1. The van der Waals surface area contributed by atoms with Crippen LogP contribution in [0.1, 0.15) is 19.3 Å². The van der Waals surface area contributed by atoms with Gasteiger partial charge in [-0.3, -0.25) is 10.1 Å².